The molecule has 0 fully saturated rings. The van der Waals surface area contributed by atoms with Gasteiger partial charge < -0.3 is 0 Å². The van der Waals surface area contributed by atoms with Crippen molar-refractivity contribution in [2.45, 2.75) is 0 Å². The SMILES string of the molecule is [Ag].[BiH3].[Cu][I]. The molecule has 0 aromatic heterocycles. The normalized spacial score (nSPS) is 1.75. The van der Waals surface area contributed by atoms with E-state index in [1.165, 1.54) is 0 Å². The van der Waals surface area contributed by atoms with Crippen LogP contribution in [0.4, 0.5) is 0 Å². The van der Waals surface area contributed by atoms with Crippen LogP contribution in [0.2, 0.25) is 0 Å². The molecular formula is H3AgBiCuI. The number of halogens is 1. The second-order valence-corrected chi connectivity index (χ2v) is 0. The van der Waals surface area contributed by atoms with E-state index in [0.29, 0.717) is 0 Å². The van der Waals surface area contributed by atoms with Gasteiger partial charge in [0.15, 0.2) is 0 Å². The van der Waals surface area contributed by atoms with E-state index in [9.17, 15) is 0 Å². The minimum atomic E-state index is 0. The van der Waals surface area contributed by atoms with E-state index in [4.69, 9.17) is 0 Å². The molecule has 0 spiro atoms. The average Bonchev–Trinajstić information content (AvgIpc) is 1.00. The third kappa shape index (κ3) is 8.86. The monoisotopic (exact) mass is 509 g/mol. The van der Waals surface area contributed by atoms with Crippen LogP contribution in [0.15, 0.2) is 0 Å². The Morgan fingerprint density at radius 1 is 1.25 bits per heavy atom. The predicted octanol–water partition coefficient (Wildman–Crippen LogP) is -0.303. The van der Waals surface area contributed by atoms with Crippen molar-refractivity contribution in [3.05, 3.63) is 0 Å². The summed E-state index contributed by atoms with van der Waals surface area (Å²) in [6.07, 6.45) is 0. The van der Waals surface area contributed by atoms with E-state index in [0.717, 1.165) is 0 Å². The van der Waals surface area contributed by atoms with Crippen LogP contribution in [-0.2, 0) is 35.1 Å². The fourth-order valence-electron chi connectivity index (χ4n) is 0. The topological polar surface area (TPSA) is 0 Å². The summed E-state index contributed by atoms with van der Waals surface area (Å²) < 4.78 is 0. The van der Waals surface area contributed by atoms with Gasteiger partial charge in [-0.1, -0.05) is 0 Å². The molecule has 0 atom stereocenters. The summed E-state index contributed by atoms with van der Waals surface area (Å²) in [5.41, 5.74) is 0. The second-order valence-electron chi connectivity index (χ2n) is 0. The van der Waals surface area contributed by atoms with E-state index in [1.807, 2.05) is 0 Å². The van der Waals surface area contributed by atoms with Crippen LogP contribution < -0.4 is 0 Å². The summed E-state index contributed by atoms with van der Waals surface area (Å²) in [4.78, 5) is 0. The van der Waals surface area contributed by atoms with E-state index >= 15 is 0 Å². The Labute approximate surface area is 80.1 Å². The third-order valence-electron chi connectivity index (χ3n) is 0. The molecule has 0 aliphatic heterocycles. The molecule has 0 aliphatic carbocycles. The van der Waals surface area contributed by atoms with Crippen molar-refractivity contribution in [3.8, 4) is 0 Å². The van der Waals surface area contributed by atoms with Crippen molar-refractivity contribution in [1.29, 1.82) is 0 Å². The summed E-state index contributed by atoms with van der Waals surface area (Å²) in [6, 6.07) is 0. The second kappa shape index (κ2) is 16.9. The van der Waals surface area contributed by atoms with Crippen LogP contribution in [0, 0.1) is 0 Å². The Bertz CT molecular complexity index is 8.00. The van der Waals surface area contributed by atoms with Gasteiger partial charge in [-0.05, 0) is 0 Å². The molecule has 4 heteroatoms. The standard InChI is InChI=1S/Ag.Bi.Cu.HI.3H/h;;;1H;;;/q;;+1;;;;/p-1. The number of hydrogen-bond donors (Lipinski definition) is 0. The molecule has 0 bridgehead atoms. The first-order valence-electron chi connectivity index (χ1n) is 0.114. The Kier molecular flexibility index (Phi) is 66.8. The molecule has 0 amide bonds. The molecule has 0 unspecified atom stereocenters. The first-order valence-corrected chi connectivity index (χ1v) is 3.15. The van der Waals surface area contributed by atoms with Crippen LogP contribution in [0.25, 0.3) is 0 Å². The fraction of sp³-hybridized carbons (Fsp3) is 0. The molecule has 0 rings (SSSR count). The van der Waals surface area contributed by atoms with Crippen LogP contribution in [-0.4, -0.2) is 26.2 Å². The van der Waals surface area contributed by atoms with E-state index < -0.39 is 0 Å². The Morgan fingerprint density at radius 2 is 1.25 bits per heavy atom. The minimum absolute atomic E-state index is 0. The van der Waals surface area contributed by atoms with Gasteiger partial charge in [0.2, 0.25) is 0 Å². The molecule has 0 saturated carbocycles. The fourth-order valence-corrected chi connectivity index (χ4v) is 0. The quantitative estimate of drug-likeness (QED) is 0.310. The van der Waals surface area contributed by atoms with Gasteiger partial charge in [-0.3, -0.25) is 0 Å². The molecule has 0 aliphatic rings. The number of rotatable bonds is 0. The van der Waals surface area contributed by atoms with Crippen LogP contribution in [0.5, 0.6) is 0 Å². The van der Waals surface area contributed by atoms with Crippen molar-refractivity contribution in [2.24, 2.45) is 0 Å². The van der Waals surface area contributed by atoms with Crippen LogP contribution in [0.1, 0.15) is 0 Å². The first kappa shape index (κ1) is 15.8. The van der Waals surface area contributed by atoms with Gasteiger partial charge in [-0.25, -0.2) is 0 Å². The number of hydrogen-bond acceptors (Lipinski definition) is 0. The van der Waals surface area contributed by atoms with Crippen molar-refractivity contribution in [1.82, 2.24) is 0 Å². The van der Waals surface area contributed by atoms with Gasteiger partial charge in [-0.15, -0.1) is 0 Å². The van der Waals surface area contributed by atoms with Crippen molar-refractivity contribution >= 4 is 46.5 Å². The summed E-state index contributed by atoms with van der Waals surface area (Å²) in [6.45, 7) is 0. The van der Waals surface area contributed by atoms with Gasteiger partial charge in [0.25, 0.3) is 0 Å². The van der Waals surface area contributed by atoms with E-state index in [-0.39, 0.29) is 48.6 Å². The molecule has 0 nitrogen and oxygen atoms in total. The summed E-state index contributed by atoms with van der Waals surface area (Å²) >= 11 is 5.87. The molecular weight excluding hydrogens is 507 g/mol. The van der Waals surface area contributed by atoms with E-state index in [1.54, 1.807) is 20.3 Å². The van der Waals surface area contributed by atoms with Gasteiger partial charge in [0, 0.05) is 22.4 Å². The molecule has 0 aromatic carbocycles. The summed E-state index contributed by atoms with van der Waals surface area (Å²) in [7, 11) is 0. The molecule has 0 heterocycles. The van der Waals surface area contributed by atoms with Crippen molar-refractivity contribution in [2.75, 3.05) is 0 Å². The van der Waals surface area contributed by atoms with E-state index in [2.05, 4.69) is 12.8 Å². The molecule has 0 N–H and O–H groups in total. The van der Waals surface area contributed by atoms with Crippen molar-refractivity contribution < 1.29 is 35.1 Å². The average molecular weight is 510 g/mol. The van der Waals surface area contributed by atoms with Gasteiger partial charge in [0.05, 0.1) is 0 Å². The predicted molar refractivity (Wildman–Crippen MR) is 24.0 cm³/mol. The molecule has 4 heavy (non-hydrogen) atoms. The van der Waals surface area contributed by atoms with Crippen LogP contribution >= 0.6 is 20.3 Å². The molecule has 1 radical (unpaired) electrons. The zero-order chi connectivity index (χ0) is 2.00. The Balaban J connectivity index is -0.00000000500. The molecule has 0 aromatic rings. The summed E-state index contributed by atoms with van der Waals surface area (Å²) in [5, 5.41) is 0. The van der Waals surface area contributed by atoms with Gasteiger partial charge >= 0.3 is 59.3 Å². The third-order valence-corrected chi connectivity index (χ3v) is 0. The van der Waals surface area contributed by atoms with Crippen molar-refractivity contribution in [3.63, 3.8) is 0 Å². The van der Waals surface area contributed by atoms with Gasteiger partial charge in [-0.2, -0.15) is 0 Å². The zero-order valence-corrected chi connectivity index (χ0v) is 11.8. The first-order chi connectivity index (χ1) is 1.00. The van der Waals surface area contributed by atoms with Crippen LogP contribution in [0.3, 0.4) is 0 Å². The maximum absolute atomic E-state index is 4.16. The summed E-state index contributed by atoms with van der Waals surface area (Å²) in [5.74, 6) is 0. The Morgan fingerprint density at radius 3 is 1.25 bits per heavy atom. The van der Waals surface area contributed by atoms with Gasteiger partial charge in [0.1, 0.15) is 0 Å². The Hall–Kier alpha value is 2.87. The maximum atomic E-state index is 4.16. The molecule has 37 valence electrons. The molecule has 0 saturated heterocycles. The zero-order valence-electron chi connectivity index (χ0n) is 1.69.